The number of nitrogens with zero attached hydrogens (tertiary/aromatic N) is 1. The topological polar surface area (TPSA) is 89.9 Å². The Morgan fingerprint density at radius 3 is 2.57 bits per heavy atom. The number of aliphatic hydroxyl groups is 1. The van der Waals surface area contributed by atoms with Crippen molar-refractivity contribution in [3.63, 3.8) is 0 Å². The van der Waals surface area contributed by atoms with E-state index < -0.39 is 24.2 Å². The van der Waals surface area contributed by atoms with Gasteiger partial charge in [0.05, 0.1) is 12.0 Å². The molecule has 0 aromatic heterocycles. The summed E-state index contributed by atoms with van der Waals surface area (Å²) in [7, 11) is 0. The summed E-state index contributed by atoms with van der Waals surface area (Å²) >= 11 is 0. The molecular weight excluding hydrogens is 272 g/mol. The Labute approximate surface area is 123 Å². The van der Waals surface area contributed by atoms with Gasteiger partial charge in [-0.1, -0.05) is 30.3 Å². The number of hydrogen-bond acceptors (Lipinski definition) is 4. The van der Waals surface area contributed by atoms with Crippen LogP contribution in [0.1, 0.15) is 18.9 Å². The third-order valence-corrected chi connectivity index (χ3v) is 3.67. The van der Waals surface area contributed by atoms with E-state index in [2.05, 4.69) is 5.32 Å². The number of aliphatic carboxylic acids is 1. The summed E-state index contributed by atoms with van der Waals surface area (Å²) in [6.07, 6.45) is -1.31. The van der Waals surface area contributed by atoms with E-state index in [4.69, 9.17) is 0 Å². The average molecular weight is 292 g/mol. The van der Waals surface area contributed by atoms with E-state index in [0.717, 1.165) is 5.56 Å². The predicted molar refractivity (Wildman–Crippen MR) is 76.2 cm³/mol. The minimum absolute atomic E-state index is 0.144. The van der Waals surface area contributed by atoms with Crippen LogP contribution in [-0.4, -0.2) is 45.8 Å². The van der Waals surface area contributed by atoms with E-state index in [1.807, 2.05) is 35.2 Å². The Hall–Kier alpha value is -1.92. The van der Waals surface area contributed by atoms with E-state index in [1.54, 1.807) is 0 Å². The van der Waals surface area contributed by atoms with Crippen LogP contribution in [-0.2, 0) is 16.1 Å². The minimum atomic E-state index is -0.923. The van der Waals surface area contributed by atoms with E-state index >= 15 is 0 Å². The van der Waals surface area contributed by atoms with Crippen LogP contribution in [0.2, 0.25) is 0 Å². The number of likely N-dealkylation sites (tertiary alicyclic amines) is 1. The smallest absolute Gasteiger partial charge is 0.307 e. The van der Waals surface area contributed by atoms with E-state index in [9.17, 15) is 19.8 Å². The standard InChI is InChI=1S/C15H20N2O4/c1-10(18)16-14-13(19)7-12(15(20)21)9-17(14)8-11-5-3-2-4-6-11/h2-6,12-14,19H,7-9H2,1H3,(H,16,18)(H,20,21)/t12-,13+,14+/m1/s1. The van der Waals surface area contributed by atoms with Gasteiger partial charge < -0.3 is 15.5 Å². The van der Waals surface area contributed by atoms with Gasteiger partial charge in [0, 0.05) is 20.0 Å². The maximum absolute atomic E-state index is 11.3. The molecule has 0 saturated carbocycles. The number of amides is 1. The van der Waals surface area contributed by atoms with Crippen molar-refractivity contribution in [1.29, 1.82) is 0 Å². The molecule has 0 bridgehead atoms. The Morgan fingerprint density at radius 2 is 2.00 bits per heavy atom. The van der Waals surface area contributed by atoms with Gasteiger partial charge in [0.15, 0.2) is 0 Å². The van der Waals surface area contributed by atoms with Crippen molar-refractivity contribution in [2.45, 2.75) is 32.2 Å². The fourth-order valence-electron chi connectivity index (χ4n) is 2.69. The highest BCUT2D eigenvalue weighted by Gasteiger charge is 2.38. The fourth-order valence-corrected chi connectivity index (χ4v) is 2.69. The molecule has 1 amide bonds. The van der Waals surface area contributed by atoms with Crippen LogP contribution < -0.4 is 5.32 Å². The molecule has 1 aliphatic heterocycles. The molecule has 2 rings (SSSR count). The van der Waals surface area contributed by atoms with Crippen LogP contribution in [0.15, 0.2) is 30.3 Å². The molecule has 0 aliphatic carbocycles. The third-order valence-electron chi connectivity index (χ3n) is 3.67. The molecule has 3 N–H and O–H groups in total. The first kappa shape index (κ1) is 15.5. The predicted octanol–water partition coefficient (Wildman–Crippen LogP) is 0.416. The lowest BCUT2D eigenvalue weighted by atomic mass is 9.93. The molecular formula is C15H20N2O4. The van der Waals surface area contributed by atoms with Crippen molar-refractivity contribution in [3.05, 3.63) is 35.9 Å². The lowest BCUT2D eigenvalue weighted by Crippen LogP contribution is -2.60. The summed E-state index contributed by atoms with van der Waals surface area (Å²) in [4.78, 5) is 24.3. The molecule has 3 atom stereocenters. The van der Waals surface area contributed by atoms with E-state index in [1.165, 1.54) is 6.92 Å². The summed E-state index contributed by atoms with van der Waals surface area (Å²) in [5.41, 5.74) is 1.01. The molecule has 6 nitrogen and oxygen atoms in total. The molecule has 1 heterocycles. The number of carboxylic acid groups (broad SMARTS) is 1. The number of carbonyl (C=O) groups is 2. The molecule has 0 unspecified atom stereocenters. The molecule has 1 aromatic rings. The van der Waals surface area contributed by atoms with Gasteiger partial charge in [0.1, 0.15) is 6.17 Å². The van der Waals surface area contributed by atoms with Crippen LogP contribution in [0.4, 0.5) is 0 Å². The lowest BCUT2D eigenvalue weighted by Gasteiger charge is -2.41. The SMILES string of the molecule is CC(=O)N[C@@H]1[C@@H](O)C[C@@H](C(=O)O)CN1Cc1ccccc1. The summed E-state index contributed by atoms with van der Waals surface area (Å²) in [5, 5.41) is 22.1. The van der Waals surface area contributed by atoms with Crippen LogP contribution in [0.25, 0.3) is 0 Å². The summed E-state index contributed by atoms with van der Waals surface area (Å²) in [6.45, 7) is 2.16. The number of aliphatic hydroxyl groups excluding tert-OH is 1. The second-order valence-corrected chi connectivity index (χ2v) is 5.40. The van der Waals surface area contributed by atoms with E-state index in [0.29, 0.717) is 13.1 Å². The number of nitrogens with one attached hydrogen (secondary N) is 1. The van der Waals surface area contributed by atoms with Crippen molar-refractivity contribution in [2.75, 3.05) is 6.54 Å². The zero-order valence-corrected chi connectivity index (χ0v) is 11.9. The number of benzene rings is 1. The van der Waals surface area contributed by atoms with Gasteiger partial charge in [-0.05, 0) is 12.0 Å². The van der Waals surface area contributed by atoms with Crippen molar-refractivity contribution in [2.24, 2.45) is 5.92 Å². The van der Waals surface area contributed by atoms with Crippen LogP contribution in [0.3, 0.4) is 0 Å². The highest BCUT2D eigenvalue weighted by Crippen LogP contribution is 2.23. The molecule has 0 spiro atoms. The molecule has 6 heteroatoms. The molecule has 1 aliphatic rings. The summed E-state index contributed by atoms with van der Waals surface area (Å²) in [6, 6.07) is 9.57. The normalized spacial score (nSPS) is 26.3. The Balaban J connectivity index is 2.17. The minimum Gasteiger partial charge on any atom is -0.481 e. The van der Waals surface area contributed by atoms with Crippen LogP contribution >= 0.6 is 0 Å². The number of rotatable bonds is 4. The molecule has 1 aromatic carbocycles. The average Bonchev–Trinajstić information content (AvgIpc) is 2.43. The largest absolute Gasteiger partial charge is 0.481 e. The molecule has 114 valence electrons. The molecule has 1 fully saturated rings. The van der Waals surface area contributed by atoms with Gasteiger partial charge in [-0.2, -0.15) is 0 Å². The first-order valence-corrected chi connectivity index (χ1v) is 6.93. The van der Waals surface area contributed by atoms with Gasteiger partial charge in [-0.15, -0.1) is 0 Å². The quantitative estimate of drug-likeness (QED) is 0.748. The van der Waals surface area contributed by atoms with Gasteiger partial charge in [0.25, 0.3) is 0 Å². The first-order valence-electron chi connectivity index (χ1n) is 6.93. The van der Waals surface area contributed by atoms with Gasteiger partial charge in [-0.3, -0.25) is 14.5 Å². The van der Waals surface area contributed by atoms with Crippen molar-refractivity contribution >= 4 is 11.9 Å². The maximum Gasteiger partial charge on any atom is 0.307 e. The number of hydrogen-bond donors (Lipinski definition) is 3. The van der Waals surface area contributed by atoms with Gasteiger partial charge in [0.2, 0.25) is 5.91 Å². The van der Waals surface area contributed by atoms with Crippen molar-refractivity contribution in [3.8, 4) is 0 Å². The molecule has 0 radical (unpaired) electrons. The zero-order chi connectivity index (χ0) is 15.4. The van der Waals surface area contributed by atoms with Gasteiger partial charge in [-0.25, -0.2) is 0 Å². The van der Waals surface area contributed by atoms with Crippen LogP contribution in [0.5, 0.6) is 0 Å². The van der Waals surface area contributed by atoms with Crippen molar-refractivity contribution < 1.29 is 19.8 Å². The Bertz CT molecular complexity index is 506. The highest BCUT2D eigenvalue weighted by molar-refractivity contribution is 5.73. The fraction of sp³-hybridized carbons (Fsp3) is 0.467. The summed E-state index contributed by atoms with van der Waals surface area (Å²) < 4.78 is 0. The number of carbonyl (C=O) groups excluding carboxylic acids is 1. The second-order valence-electron chi connectivity index (χ2n) is 5.40. The lowest BCUT2D eigenvalue weighted by molar-refractivity contribution is -0.148. The Morgan fingerprint density at radius 1 is 1.33 bits per heavy atom. The van der Waals surface area contributed by atoms with E-state index in [-0.39, 0.29) is 12.3 Å². The number of carboxylic acids is 1. The molecule has 21 heavy (non-hydrogen) atoms. The summed E-state index contributed by atoms with van der Waals surface area (Å²) in [5.74, 6) is -1.80. The Kier molecular flexibility index (Phi) is 4.93. The first-order chi connectivity index (χ1) is 9.97. The highest BCUT2D eigenvalue weighted by atomic mass is 16.4. The van der Waals surface area contributed by atoms with Crippen molar-refractivity contribution in [1.82, 2.24) is 10.2 Å². The van der Waals surface area contributed by atoms with Gasteiger partial charge >= 0.3 is 5.97 Å². The monoisotopic (exact) mass is 292 g/mol. The molecule has 1 saturated heterocycles. The number of piperidine rings is 1. The zero-order valence-electron chi connectivity index (χ0n) is 11.9. The second kappa shape index (κ2) is 6.69. The third kappa shape index (κ3) is 4.03. The van der Waals surface area contributed by atoms with Crippen LogP contribution in [0, 0.1) is 5.92 Å². The maximum atomic E-state index is 11.3.